The molecule has 4 saturated carbocycles. The molecule has 2 unspecified atom stereocenters. The number of hydrogen-bond donors (Lipinski definition) is 1. The van der Waals surface area contributed by atoms with E-state index in [0.717, 1.165) is 61.3 Å². The van der Waals surface area contributed by atoms with Gasteiger partial charge in [-0.2, -0.15) is 0 Å². The Morgan fingerprint density at radius 2 is 1.22 bits per heavy atom. The molecule has 46 heavy (non-hydrogen) atoms. The Labute approximate surface area is 288 Å². The summed E-state index contributed by atoms with van der Waals surface area (Å²) in [5.74, 6) is 6.06. The summed E-state index contributed by atoms with van der Waals surface area (Å²) in [6, 6.07) is 0. The van der Waals surface area contributed by atoms with Crippen LogP contribution in [0.25, 0.3) is 0 Å². The normalized spacial score (nSPS) is 32.8. The molecule has 0 aromatic heterocycles. The van der Waals surface area contributed by atoms with Gasteiger partial charge in [-0.25, -0.2) is 0 Å². The molecule has 0 aliphatic heterocycles. The van der Waals surface area contributed by atoms with Crippen molar-refractivity contribution in [3.63, 3.8) is 0 Å². The van der Waals surface area contributed by atoms with Gasteiger partial charge in [-0.15, -0.1) is 0 Å². The number of rotatable bonds is 23. The van der Waals surface area contributed by atoms with Crippen molar-refractivity contribution >= 4 is 5.91 Å². The van der Waals surface area contributed by atoms with Gasteiger partial charge >= 0.3 is 0 Å². The van der Waals surface area contributed by atoms with E-state index in [1.165, 1.54) is 173 Å². The molecule has 4 rings (SSSR count). The average Bonchev–Trinajstić information content (AvgIpc) is 3.41. The fourth-order valence-corrected chi connectivity index (χ4v) is 12.2. The topological polar surface area (TPSA) is 29.1 Å². The van der Waals surface area contributed by atoms with Gasteiger partial charge in [0.25, 0.3) is 0 Å². The smallest absolute Gasteiger partial charge is 0.219 e. The maximum Gasteiger partial charge on any atom is 0.219 e. The van der Waals surface area contributed by atoms with E-state index in [2.05, 4.69) is 33.0 Å². The molecule has 1 amide bonds. The standard InChI is InChI=1S/C44H81NO/c1-5-6-7-8-9-10-11-12-13-14-15-16-17-18-19-20-21-27-42(46)45-35-24-25-36(2)39-30-31-40-38-29-28-37-26-22-23-33-43(37,3)41(38)32-34-44(39,40)4/h36-41H,5-35H2,1-4H3,(H,45,46)/t36?,37?,38-,39+,40-,41-,43-,44+/m0/s1. The number of hydrogen-bond acceptors (Lipinski definition) is 1. The zero-order valence-corrected chi connectivity index (χ0v) is 31.8. The lowest BCUT2D eigenvalue weighted by molar-refractivity contribution is -0.121. The molecule has 8 atom stereocenters. The lowest BCUT2D eigenvalue weighted by Crippen LogP contribution is -2.53. The van der Waals surface area contributed by atoms with Crippen LogP contribution < -0.4 is 5.32 Å². The Bertz CT molecular complexity index is 838. The number of amides is 1. The summed E-state index contributed by atoms with van der Waals surface area (Å²) < 4.78 is 0. The highest BCUT2D eigenvalue weighted by atomic mass is 16.1. The van der Waals surface area contributed by atoms with E-state index in [0.29, 0.717) is 16.7 Å². The van der Waals surface area contributed by atoms with Gasteiger partial charge in [0, 0.05) is 13.0 Å². The van der Waals surface area contributed by atoms with Gasteiger partial charge in [0.05, 0.1) is 0 Å². The molecule has 4 aliphatic carbocycles. The Morgan fingerprint density at radius 1 is 0.630 bits per heavy atom. The lowest BCUT2D eigenvalue weighted by atomic mass is 9.44. The van der Waals surface area contributed by atoms with Crippen LogP contribution in [0, 0.1) is 46.3 Å². The third-order valence-electron chi connectivity index (χ3n) is 15.0. The Balaban J connectivity index is 0.973. The zero-order valence-electron chi connectivity index (χ0n) is 31.8. The van der Waals surface area contributed by atoms with Crippen LogP contribution >= 0.6 is 0 Å². The van der Waals surface area contributed by atoms with Crippen LogP contribution in [0.1, 0.15) is 220 Å². The Hall–Kier alpha value is -0.530. The molecule has 0 spiro atoms. The fourth-order valence-electron chi connectivity index (χ4n) is 12.2. The van der Waals surface area contributed by atoms with Gasteiger partial charge in [0.1, 0.15) is 0 Å². The summed E-state index contributed by atoms with van der Waals surface area (Å²) in [4.78, 5) is 12.5. The zero-order chi connectivity index (χ0) is 32.7. The van der Waals surface area contributed by atoms with Gasteiger partial charge in [0.2, 0.25) is 5.91 Å². The quantitative estimate of drug-likeness (QED) is 0.111. The maximum absolute atomic E-state index is 12.5. The number of carbonyl (C=O) groups excluding carboxylic acids is 1. The third-order valence-corrected chi connectivity index (χ3v) is 15.0. The first-order valence-electron chi connectivity index (χ1n) is 21.7. The molecular weight excluding hydrogens is 558 g/mol. The molecule has 4 fully saturated rings. The monoisotopic (exact) mass is 640 g/mol. The first-order valence-corrected chi connectivity index (χ1v) is 21.7. The molecular formula is C44H81NO. The van der Waals surface area contributed by atoms with Crippen LogP contribution in [-0.4, -0.2) is 12.5 Å². The summed E-state index contributed by atoms with van der Waals surface area (Å²) in [5.41, 5.74) is 1.24. The molecule has 268 valence electrons. The molecule has 0 saturated heterocycles. The minimum absolute atomic E-state index is 0.298. The van der Waals surface area contributed by atoms with E-state index in [1.807, 2.05) is 0 Å². The summed E-state index contributed by atoms with van der Waals surface area (Å²) in [5, 5.41) is 3.28. The largest absolute Gasteiger partial charge is 0.356 e. The molecule has 4 aliphatic rings. The predicted molar refractivity (Wildman–Crippen MR) is 200 cm³/mol. The molecule has 2 nitrogen and oxygen atoms in total. The lowest BCUT2D eigenvalue weighted by Gasteiger charge is -2.61. The Morgan fingerprint density at radius 3 is 1.85 bits per heavy atom. The van der Waals surface area contributed by atoms with E-state index < -0.39 is 0 Å². The van der Waals surface area contributed by atoms with E-state index >= 15 is 0 Å². The molecule has 0 radical (unpaired) electrons. The van der Waals surface area contributed by atoms with Crippen LogP contribution in [0.5, 0.6) is 0 Å². The van der Waals surface area contributed by atoms with Crippen molar-refractivity contribution in [3.05, 3.63) is 0 Å². The number of carbonyl (C=O) groups is 1. The first kappa shape index (κ1) is 38.3. The second-order valence-corrected chi connectivity index (χ2v) is 18.0. The summed E-state index contributed by atoms with van der Waals surface area (Å²) in [6.45, 7) is 11.2. The molecule has 0 aromatic carbocycles. The van der Waals surface area contributed by atoms with E-state index in [1.54, 1.807) is 0 Å². The number of unbranched alkanes of at least 4 members (excludes halogenated alkanes) is 16. The average molecular weight is 640 g/mol. The van der Waals surface area contributed by atoms with Gasteiger partial charge in [-0.1, -0.05) is 143 Å². The number of fused-ring (bicyclic) bond motifs is 5. The van der Waals surface area contributed by atoms with Crippen molar-refractivity contribution in [2.24, 2.45) is 46.3 Å². The van der Waals surface area contributed by atoms with E-state index in [-0.39, 0.29) is 0 Å². The van der Waals surface area contributed by atoms with Crippen molar-refractivity contribution in [3.8, 4) is 0 Å². The van der Waals surface area contributed by atoms with Gasteiger partial charge in [-0.3, -0.25) is 4.79 Å². The van der Waals surface area contributed by atoms with E-state index in [4.69, 9.17) is 0 Å². The SMILES string of the molecule is CCCCCCCCCCCCCCCCCCCC(=O)NCCCC(C)[C@H]1CC[C@H]2[C@@H]3CCC4CCCC[C@]4(C)[C@H]3CC[C@]12C. The molecule has 0 bridgehead atoms. The van der Waals surface area contributed by atoms with Crippen LogP contribution in [0.15, 0.2) is 0 Å². The van der Waals surface area contributed by atoms with Gasteiger partial charge < -0.3 is 5.32 Å². The second kappa shape index (κ2) is 20.2. The van der Waals surface area contributed by atoms with Gasteiger partial charge in [-0.05, 0) is 117 Å². The van der Waals surface area contributed by atoms with Crippen molar-refractivity contribution in [2.75, 3.05) is 6.54 Å². The predicted octanol–water partition coefficient (Wildman–Crippen LogP) is 13.6. The van der Waals surface area contributed by atoms with Crippen LogP contribution in [0.3, 0.4) is 0 Å². The second-order valence-electron chi connectivity index (χ2n) is 18.0. The van der Waals surface area contributed by atoms with Crippen LogP contribution in [0.4, 0.5) is 0 Å². The Kier molecular flexibility index (Phi) is 16.8. The molecule has 0 heterocycles. The minimum Gasteiger partial charge on any atom is -0.356 e. The molecule has 2 heteroatoms. The van der Waals surface area contributed by atoms with Crippen LogP contribution in [0.2, 0.25) is 0 Å². The van der Waals surface area contributed by atoms with Crippen molar-refractivity contribution < 1.29 is 4.79 Å². The van der Waals surface area contributed by atoms with Crippen LogP contribution in [-0.2, 0) is 4.79 Å². The molecule has 1 N–H and O–H groups in total. The highest BCUT2D eigenvalue weighted by Crippen LogP contribution is 2.68. The fraction of sp³-hybridized carbons (Fsp3) is 0.977. The third kappa shape index (κ3) is 10.7. The minimum atomic E-state index is 0.298. The van der Waals surface area contributed by atoms with Crippen molar-refractivity contribution in [1.82, 2.24) is 5.32 Å². The first-order chi connectivity index (χ1) is 22.4. The van der Waals surface area contributed by atoms with E-state index in [9.17, 15) is 4.79 Å². The highest BCUT2D eigenvalue weighted by molar-refractivity contribution is 5.75. The molecule has 0 aromatic rings. The summed E-state index contributed by atoms with van der Waals surface area (Å²) >= 11 is 0. The van der Waals surface area contributed by atoms with Crippen molar-refractivity contribution in [1.29, 1.82) is 0 Å². The maximum atomic E-state index is 12.5. The number of nitrogens with one attached hydrogen (secondary N) is 1. The van der Waals surface area contributed by atoms with Gasteiger partial charge in [0.15, 0.2) is 0 Å². The van der Waals surface area contributed by atoms with Crippen molar-refractivity contribution in [2.45, 2.75) is 220 Å². The summed E-state index contributed by atoms with van der Waals surface area (Å²) in [6.07, 6.45) is 41.9. The summed E-state index contributed by atoms with van der Waals surface area (Å²) in [7, 11) is 0. The highest BCUT2D eigenvalue weighted by Gasteiger charge is 2.60.